The van der Waals surface area contributed by atoms with E-state index in [1.807, 2.05) is 52.3 Å². The highest BCUT2D eigenvalue weighted by atomic mass is 16.7. The van der Waals surface area contributed by atoms with Crippen LogP contribution in [0.15, 0.2) is 42.5 Å². The fraction of sp³-hybridized carbons (Fsp3) is 0.481. The molecule has 2 aromatic carbocycles. The van der Waals surface area contributed by atoms with E-state index in [9.17, 15) is 14.7 Å². The molecule has 188 valence electrons. The van der Waals surface area contributed by atoms with Gasteiger partial charge in [0.1, 0.15) is 5.75 Å². The van der Waals surface area contributed by atoms with E-state index in [0.29, 0.717) is 36.9 Å². The van der Waals surface area contributed by atoms with Crippen LogP contribution in [0.5, 0.6) is 17.2 Å². The van der Waals surface area contributed by atoms with Crippen LogP contribution in [0, 0.1) is 5.92 Å². The molecular weight excluding hydrogens is 448 g/mol. The molecule has 35 heavy (non-hydrogen) atoms. The molecule has 1 fully saturated rings. The number of ether oxygens (including phenoxy) is 3. The van der Waals surface area contributed by atoms with Crippen molar-refractivity contribution in [2.75, 3.05) is 40.1 Å². The van der Waals surface area contributed by atoms with Crippen LogP contribution in [-0.4, -0.2) is 66.9 Å². The summed E-state index contributed by atoms with van der Waals surface area (Å²) in [5.41, 5.74) is 1.72. The van der Waals surface area contributed by atoms with Crippen molar-refractivity contribution in [2.45, 2.75) is 38.6 Å². The molecule has 1 N–H and O–H groups in total. The van der Waals surface area contributed by atoms with Crippen LogP contribution in [-0.2, 0) is 9.59 Å². The average Bonchev–Trinajstić information content (AvgIpc) is 3.48. The molecule has 1 amide bonds. The molecule has 0 bridgehead atoms. The summed E-state index contributed by atoms with van der Waals surface area (Å²) in [7, 11) is 1.60. The lowest BCUT2D eigenvalue weighted by Gasteiger charge is -2.29. The Bertz CT molecular complexity index is 1030. The van der Waals surface area contributed by atoms with Crippen molar-refractivity contribution in [1.82, 2.24) is 9.80 Å². The maximum atomic E-state index is 13.3. The van der Waals surface area contributed by atoms with Crippen LogP contribution in [0.25, 0.3) is 0 Å². The SMILES string of the molecule is CCCN(CCC)C(=O)CN1CC(c2ccc3c(c2)OCO3)[C@H](C(=O)O)[C@H]1c1ccc(OC)cc1. The standard InChI is InChI=1S/C27H34N2O6/c1-4-12-28(13-5-2)24(30)16-29-15-21(19-8-11-22-23(14-19)35-17-34-22)25(27(31)32)26(29)18-6-9-20(33-3)10-7-18/h6-11,14,21,25-26H,4-5,12-13,15-17H2,1-3H3,(H,31,32)/t21?,25-,26+/m0/s1. The van der Waals surface area contributed by atoms with Crippen molar-refractivity contribution >= 4 is 11.9 Å². The second-order valence-corrected chi connectivity index (χ2v) is 9.11. The lowest BCUT2D eigenvalue weighted by molar-refractivity contribution is -0.144. The minimum Gasteiger partial charge on any atom is -0.497 e. The second kappa shape index (κ2) is 11.0. The highest BCUT2D eigenvalue weighted by Gasteiger charge is 2.48. The molecule has 2 heterocycles. The van der Waals surface area contributed by atoms with Gasteiger partial charge in [-0.25, -0.2) is 0 Å². The third-order valence-corrected chi connectivity index (χ3v) is 6.84. The zero-order valence-corrected chi connectivity index (χ0v) is 20.6. The fourth-order valence-corrected chi connectivity index (χ4v) is 5.25. The predicted molar refractivity (Wildman–Crippen MR) is 131 cm³/mol. The first-order valence-electron chi connectivity index (χ1n) is 12.2. The Morgan fingerprint density at radius 2 is 1.69 bits per heavy atom. The van der Waals surface area contributed by atoms with Crippen molar-refractivity contribution in [2.24, 2.45) is 5.92 Å². The molecule has 0 spiro atoms. The van der Waals surface area contributed by atoms with Gasteiger partial charge >= 0.3 is 5.97 Å². The first kappa shape index (κ1) is 24.9. The molecule has 0 aliphatic carbocycles. The van der Waals surface area contributed by atoms with Crippen molar-refractivity contribution < 1.29 is 28.9 Å². The maximum Gasteiger partial charge on any atom is 0.309 e. The van der Waals surface area contributed by atoms with E-state index in [-0.39, 0.29) is 25.2 Å². The minimum absolute atomic E-state index is 0.0303. The summed E-state index contributed by atoms with van der Waals surface area (Å²) in [5.74, 6) is 0.0807. The molecule has 3 atom stereocenters. The van der Waals surface area contributed by atoms with Crippen LogP contribution in [0.3, 0.4) is 0 Å². The number of carbonyl (C=O) groups excluding carboxylic acids is 1. The van der Waals surface area contributed by atoms with E-state index in [1.54, 1.807) is 7.11 Å². The van der Waals surface area contributed by atoms with E-state index < -0.39 is 17.9 Å². The van der Waals surface area contributed by atoms with Gasteiger partial charge in [0, 0.05) is 31.6 Å². The number of rotatable bonds is 10. The van der Waals surface area contributed by atoms with E-state index in [4.69, 9.17) is 14.2 Å². The summed E-state index contributed by atoms with van der Waals surface area (Å²) in [4.78, 5) is 29.9. The highest BCUT2D eigenvalue weighted by molar-refractivity contribution is 5.79. The van der Waals surface area contributed by atoms with Gasteiger partial charge in [0.05, 0.1) is 19.6 Å². The number of carboxylic acid groups (broad SMARTS) is 1. The third kappa shape index (κ3) is 5.22. The number of likely N-dealkylation sites (tertiary alicyclic amines) is 1. The first-order valence-corrected chi connectivity index (χ1v) is 12.2. The Balaban J connectivity index is 1.70. The van der Waals surface area contributed by atoms with Crippen LogP contribution in [0.4, 0.5) is 0 Å². The highest BCUT2D eigenvalue weighted by Crippen LogP contribution is 2.47. The quantitative estimate of drug-likeness (QED) is 0.549. The van der Waals surface area contributed by atoms with Gasteiger partial charge in [-0.3, -0.25) is 14.5 Å². The largest absolute Gasteiger partial charge is 0.497 e. The molecule has 2 aliphatic rings. The third-order valence-electron chi connectivity index (χ3n) is 6.84. The van der Waals surface area contributed by atoms with Gasteiger partial charge in [-0.1, -0.05) is 32.0 Å². The van der Waals surface area contributed by atoms with E-state index in [1.165, 1.54) is 0 Å². The number of nitrogens with zero attached hydrogens (tertiary/aromatic N) is 2. The maximum absolute atomic E-state index is 13.3. The Kier molecular flexibility index (Phi) is 7.80. The van der Waals surface area contributed by atoms with Gasteiger partial charge in [-0.15, -0.1) is 0 Å². The van der Waals surface area contributed by atoms with Crippen molar-refractivity contribution in [1.29, 1.82) is 0 Å². The molecule has 1 saturated heterocycles. The predicted octanol–water partition coefficient (Wildman–Crippen LogP) is 3.91. The molecule has 1 unspecified atom stereocenters. The van der Waals surface area contributed by atoms with Gasteiger partial charge in [0.15, 0.2) is 11.5 Å². The summed E-state index contributed by atoms with van der Waals surface area (Å²) >= 11 is 0. The number of methoxy groups -OCH3 is 1. The normalized spacial score (nSPS) is 21.2. The summed E-state index contributed by atoms with van der Waals surface area (Å²) in [5, 5.41) is 10.4. The molecule has 8 nitrogen and oxygen atoms in total. The van der Waals surface area contributed by atoms with E-state index in [2.05, 4.69) is 13.8 Å². The second-order valence-electron chi connectivity index (χ2n) is 9.11. The number of carboxylic acids is 1. The Morgan fingerprint density at radius 3 is 2.31 bits per heavy atom. The number of amides is 1. The van der Waals surface area contributed by atoms with Crippen LogP contribution >= 0.6 is 0 Å². The molecule has 2 aliphatic heterocycles. The molecule has 2 aromatic rings. The summed E-state index contributed by atoms with van der Waals surface area (Å²) in [6.45, 7) is 6.28. The molecule has 4 rings (SSSR count). The monoisotopic (exact) mass is 482 g/mol. The van der Waals surface area contributed by atoms with E-state index >= 15 is 0 Å². The van der Waals surface area contributed by atoms with Gasteiger partial charge in [-0.05, 0) is 48.2 Å². The van der Waals surface area contributed by atoms with Crippen LogP contribution < -0.4 is 14.2 Å². The smallest absolute Gasteiger partial charge is 0.309 e. The molecule has 0 radical (unpaired) electrons. The zero-order chi connectivity index (χ0) is 24.9. The summed E-state index contributed by atoms with van der Waals surface area (Å²) in [6.07, 6.45) is 1.76. The average molecular weight is 483 g/mol. The number of aliphatic carboxylic acids is 1. The van der Waals surface area contributed by atoms with Gasteiger partial charge in [0.2, 0.25) is 12.7 Å². The number of hydrogen-bond acceptors (Lipinski definition) is 6. The number of benzene rings is 2. The Morgan fingerprint density at radius 1 is 1.03 bits per heavy atom. The fourth-order valence-electron chi connectivity index (χ4n) is 5.25. The molecule has 0 saturated carbocycles. The zero-order valence-electron chi connectivity index (χ0n) is 20.6. The lowest BCUT2D eigenvalue weighted by Crippen LogP contribution is -2.41. The topological polar surface area (TPSA) is 88.5 Å². The van der Waals surface area contributed by atoms with Crippen molar-refractivity contribution in [3.63, 3.8) is 0 Å². The Hall–Kier alpha value is -3.26. The Labute approximate surface area is 206 Å². The molecular formula is C27H34N2O6. The van der Waals surface area contributed by atoms with E-state index in [0.717, 1.165) is 24.0 Å². The minimum atomic E-state index is -0.887. The van der Waals surface area contributed by atoms with Crippen LogP contribution in [0.1, 0.15) is 49.8 Å². The number of carbonyl (C=O) groups is 2. The van der Waals surface area contributed by atoms with Gasteiger partial charge < -0.3 is 24.2 Å². The van der Waals surface area contributed by atoms with Crippen LogP contribution in [0.2, 0.25) is 0 Å². The van der Waals surface area contributed by atoms with Crippen molar-refractivity contribution in [3.05, 3.63) is 53.6 Å². The summed E-state index contributed by atoms with van der Waals surface area (Å²) in [6, 6.07) is 12.6. The number of fused-ring (bicyclic) bond motifs is 1. The summed E-state index contributed by atoms with van der Waals surface area (Å²) < 4.78 is 16.3. The van der Waals surface area contributed by atoms with Gasteiger partial charge in [0.25, 0.3) is 0 Å². The number of hydrogen-bond donors (Lipinski definition) is 1. The van der Waals surface area contributed by atoms with Crippen molar-refractivity contribution in [3.8, 4) is 17.2 Å². The first-order chi connectivity index (χ1) is 17.0. The lowest BCUT2D eigenvalue weighted by atomic mass is 9.82. The molecule has 0 aromatic heterocycles. The van der Waals surface area contributed by atoms with Gasteiger partial charge in [-0.2, -0.15) is 0 Å². The molecule has 8 heteroatoms.